The highest BCUT2D eigenvalue weighted by molar-refractivity contribution is 5.72. The first-order chi connectivity index (χ1) is 26.1. The normalized spacial score (nSPS) is 14.0. The molecular weight excluding hydrogens is 679 g/mol. The number of carbonyl (C=O) groups is 3. The van der Waals surface area contributed by atoms with Gasteiger partial charge in [0.15, 0.2) is 12.1 Å². The van der Waals surface area contributed by atoms with Crippen molar-refractivity contribution in [2.75, 3.05) is 41.0 Å². The van der Waals surface area contributed by atoms with E-state index in [-0.39, 0.29) is 36.2 Å². The van der Waals surface area contributed by atoms with Gasteiger partial charge in [-0.3, -0.25) is 9.59 Å². The van der Waals surface area contributed by atoms with Gasteiger partial charge in [-0.2, -0.15) is 0 Å². The molecule has 0 radical (unpaired) electrons. The number of carboxylic acids is 1. The molecule has 0 aliphatic rings. The van der Waals surface area contributed by atoms with Crippen molar-refractivity contribution >= 4 is 17.9 Å². The minimum atomic E-state index is -0.889. The third-order valence-electron chi connectivity index (χ3n) is 8.42. The van der Waals surface area contributed by atoms with Gasteiger partial charge in [0.05, 0.1) is 34.4 Å². The highest BCUT2D eigenvalue weighted by Crippen LogP contribution is 2.13. The lowest BCUT2D eigenvalue weighted by molar-refractivity contribution is -0.887. The summed E-state index contributed by atoms with van der Waals surface area (Å²) in [6.07, 6.45) is 47.3. The number of aliphatic carboxylic acids is 1. The molecule has 0 rings (SSSR count). The Kier molecular flexibility index (Phi) is 33.7. The summed E-state index contributed by atoms with van der Waals surface area (Å²) in [7, 11) is 5.49. The van der Waals surface area contributed by atoms with E-state index < -0.39 is 18.1 Å². The molecule has 0 heterocycles. The number of hydrogen-bond acceptors (Lipinski definition) is 6. The highest BCUT2D eigenvalue weighted by Gasteiger charge is 2.31. The maximum atomic E-state index is 12.7. The molecule has 0 aromatic carbocycles. The van der Waals surface area contributed by atoms with E-state index >= 15 is 0 Å². The van der Waals surface area contributed by atoms with Gasteiger partial charge in [-0.1, -0.05) is 150 Å². The van der Waals surface area contributed by atoms with Crippen molar-refractivity contribution in [3.63, 3.8) is 0 Å². The Morgan fingerprint density at radius 1 is 0.556 bits per heavy atom. The van der Waals surface area contributed by atoms with Gasteiger partial charge < -0.3 is 23.8 Å². The average Bonchev–Trinajstić information content (AvgIpc) is 3.12. The lowest BCUT2D eigenvalue weighted by Gasteiger charge is -2.31. The summed E-state index contributed by atoms with van der Waals surface area (Å²) in [5, 5.41) is 9.60. The number of quaternary nitrogens is 1. The van der Waals surface area contributed by atoms with Gasteiger partial charge >= 0.3 is 17.9 Å². The van der Waals surface area contributed by atoms with E-state index in [4.69, 9.17) is 14.2 Å². The predicted octanol–water partition coefficient (Wildman–Crippen LogP) is 10.7. The molecule has 54 heavy (non-hydrogen) atoms. The second kappa shape index (κ2) is 36.2. The summed E-state index contributed by atoms with van der Waals surface area (Å²) < 4.78 is 17.2. The van der Waals surface area contributed by atoms with Gasteiger partial charge in [-0.25, -0.2) is 4.79 Å². The van der Waals surface area contributed by atoms with Crippen LogP contribution in [0.2, 0.25) is 0 Å². The Morgan fingerprint density at radius 2 is 0.981 bits per heavy atom. The van der Waals surface area contributed by atoms with Crippen LogP contribution in [0.1, 0.15) is 123 Å². The maximum Gasteiger partial charge on any atom is 0.362 e. The summed E-state index contributed by atoms with van der Waals surface area (Å²) >= 11 is 0. The maximum absolute atomic E-state index is 12.7. The fourth-order valence-corrected chi connectivity index (χ4v) is 5.29. The standard InChI is InChI=1S/C46H73NO7/c1-6-8-10-12-14-16-18-20-22-24-26-28-30-32-34-36-44(48)53-41-42(40-52-39-38-43(46(50)51)47(3,4)5)54-45(49)37-35-33-31-29-27-25-23-21-19-17-15-13-11-9-7-2/h8-20,22,24,26,42-43H,6-7,21,23,25,27-41H2,1-5H3/p+1/b10-8+,11-9+,14-12+,15-13+,18-16+,19-17+,22-20+,26-24+. The summed E-state index contributed by atoms with van der Waals surface area (Å²) in [5.41, 5.74) is 0. The van der Waals surface area contributed by atoms with E-state index in [0.717, 1.165) is 70.6 Å². The van der Waals surface area contributed by atoms with E-state index in [1.165, 1.54) is 19.3 Å². The Morgan fingerprint density at radius 3 is 1.46 bits per heavy atom. The van der Waals surface area contributed by atoms with Crippen molar-refractivity contribution in [2.45, 2.75) is 135 Å². The molecule has 304 valence electrons. The molecule has 0 aromatic rings. The minimum absolute atomic E-state index is 0.0352. The lowest BCUT2D eigenvalue weighted by atomic mass is 10.1. The van der Waals surface area contributed by atoms with Gasteiger partial charge in [-0.15, -0.1) is 0 Å². The van der Waals surface area contributed by atoms with Gasteiger partial charge in [-0.05, 0) is 51.4 Å². The van der Waals surface area contributed by atoms with Crippen molar-refractivity contribution in [3.8, 4) is 0 Å². The first kappa shape index (κ1) is 50.2. The largest absolute Gasteiger partial charge is 0.477 e. The number of unbranched alkanes of at least 4 members (excludes halogenated alkanes) is 10. The first-order valence-corrected chi connectivity index (χ1v) is 20.4. The molecule has 0 aliphatic carbocycles. The topological polar surface area (TPSA) is 99.1 Å². The molecule has 8 nitrogen and oxygen atoms in total. The van der Waals surface area contributed by atoms with Crippen LogP contribution in [0.5, 0.6) is 0 Å². The molecule has 0 aliphatic heterocycles. The summed E-state index contributed by atoms with van der Waals surface area (Å²) in [5.74, 6) is -1.56. The fourth-order valence-electron chi connectivity index (χ4n) is 5.29. The van der Waals surface area contributed by atoms with Gasteiger partial charge in [0.2, 0.25) is 0 Å². The smallest absolute Gasteiger partial charge is 0.362 e. The Hall–Kier alpha value is -3.75. The van der Waals surface area contributed by atoms with Crippen molar-refractivity contribution in [1.29, 1.82) is 0 Å². The quantitative estimate of drug-likeness (QED) is 0.0302. The molecule has 2 atom stereocenters. The third-order valence-corrected chi connectivity index (χ3v) is 8.42. The van der Waals surface area contributed by atoms with Crippen LogP contribution in [-0.4, -0.2) is 80.6 Å². The Labute approximate surface area is 328 Å². The zero-order valence-electron chi connectivity index (χ0n) is 34.4. The van der Waals surface area contributed by atoms with Gasteiger partial charge in [0, 0.05) is 19.3 Å². The monoisotopic (exact) mass is 753 g/mol. The molecule has 1 N–H and O–H groups in total. The van der Waals surface area contributed by atoms with Crippen molar-refractivity contribution in [3.05, 3.63) is 97.2 Å². The van der Waals surface area contributed by atoms with Crippen LogP contribution in [0.15, 0.2) is 97.2 Å². The predicted molar refractivity (Wildman–Crippen MR) is 224 cm³/mol. The van der Waals surface area contributed by atoms with Crippen molar-refractivity contribution in [1.82, 2.24) is 0 Å². The van der Waals surface area contributed by atoms with Crippen LogP contribution in [-0.2, 0) is 28.6 Å². The molecule has 0 spiro atoms. The number of allylic oxidation sites excluding steroid dienone is 16. The Bertz CT molecular complexity index is 1200. The zero-order valence-corrected chi connectivity index (χ0v) is 34.4. The van der Waals surface area contributed by atoms with E-state index in [9.17, 15) is 19.5 Å². The van der Waals surface area contributed by atoms with Crippen molar-refractivity contribution < 1.29 is 38.2 Å². The first-order valence-electron chi connectivity index (χ1n) is 20.4. The molecular formula is C46H74NO7+. The second-order valence-electron chi connectivity index (χ2n) is 14.3. The number of carboxylic acid groups (broad SMARTS) is 1. The third kappa shape index (κ3) is 34.0. The number of nitrogens with zero attached hydrogens (tertiary/aromatic N) is 1. The van der Waals surface area contributed by atoms with Gasteiger partial charge in [0.25, 0.3) is 0 Å². The number of rotatable bonds is 34. The number of hydrogen-bond donors (Lipinski definition) is 1. The Balaban J connectivity index is 4.51. The van der Waals surface area contributed by atoms with Crippen LogP contribution < -0.4 is 0 Å². The number of carbonyl (C=O) groups excluding carboxylic acids is 2. The molecule has 2 unspecified atom stereocenters. The van der Waals surface area contributed by atoms with Crippen molar-refractivity contribution in [2.24, 2.45) is 0 Å². The molecule has 0 fully saturated rings. The van der Waals surface area contributed by atoms with E-state index in [1.807, 2.05) is 69.8 Å². The highest BCUT2D eigenvalue weighted by atomic mass is 16.6. The number of ether oxygens (including phenoxy) is 3. The number of likely N-dealkylation sites (N-methyl/N-ethyl adjacent to an activating group) is 1. The molecule has 0 saturated carbocycles. The van der Waals surface area contributed by atoms with Crippen LogP contribution in [0.4, 0.5) is 0 Å². The number of esters is 2. The molecule has 0 aromatic heterocycles. The second-order valence-corrected chi connectivity index (χ2v) is 14.3. The van der Waals surface area contributed by atoms with E-state index in [0.29, 0.717) is 19.3 Å². The molecule has 0 saturated heterocycles. The van der Waals surface area contributed by atoms with E-state index in [2.05, 4.69) is 62.5 Å². The zero-order chi connectivity index (χ0) is 40.0. The van der Waals surface area contributed by atoms with E-state index in [1.54, 1.807) is 0 Å². The molecule has 0 amide bonds. The summed E-state index contributed by atoms with van der Waals surface area (Å²) in [6.45, 7) is 4.37. The minimum Gasteiger partial charge on any atom is -0.477 e. The van der Waals surface area contributed by atoms with Gasteiger partial charge in [0.1, 0.15) is 6.61 Å². The average molecular weight is 753 g/mol. The summed E-state index contributed by atoms with van der Waals surface area (Å²) in [4.78, 5) is 36.9. The summed E-state index contributed by atoms with van der Waals surface area (Å²) in [6, 6.07) is -0.629. The van der Waals surface area contributed by atoms with Crippen LogP contribution in [0.3, 0.4) is 0 Å². The van der Waals surface area contributed by atoms with Crippen LogP contribution in [0.25, 0.3) is 0 Å². The fraction of sp³-hybridized carbons (Fsp3) is 0.587. The van der Waals surface area contributed by atoms with Crippen LogP contribution >= 0.6 is 0 Å². The molecule has 0 bridgehead atoms. The molecule has 8 heteroatoms. The van der Waals surface area contributed by atoms with Crippen LogP contribution in [0, 0.1) is 0 Å². The lowest BCUT2D eigenvalue weighted by Crippen LogP contribution is -2.50. The SMILES string of the molecule is CC/C=C/C=C/C=C/C=C/C=C/CCCCCC(=O)OCC(COCCC(C(=O)O)[N+](C)(C)C)OC(=O)CCCCCCCCC/C=C/C=C/C=C/CC.